The highest BCUT2D eigenvalue weighted by Crippen LogP contribution is 2.35. The highest BCUT2D eigenvalue weighted by molar-refractivity contribution is 7.90. The lowest BCUT2D eigenvalue weighted by Crippen LogP contribution is -2.41. The van der Waals surface area contributed by atoms with Crippen LogP contribution in [0.5, 0.6) is 0 Å². The fourth-order valence-electron chi connectivity index (χ4n) is 4.85. The SMILES string of the molecule is CS(=O)(=O)c1cccc(C(=O)Nc2ccc3[nH]cc(C4=CCN5CCCCC5C4)c3c2)c1. The van der Waals surface area contributed by atoms with Crippen LogP contribution < -0.4 is 5.32 Å². The summed E-state index contributed by atoms with van der Waals surface area (Å²) in [7, 11) is -3.37. The molecule has 0 spiro atoms. The van der Waals surface area contributed by atoms with Gasteiger partial charge in [0, 0.05) is 52.8 Å². The van der Waals surface area contributed by atoms with Gasteiger partial charge in [-0.15, -0.1) is 0 Å². The molecule has 2 aromatic carbocycles. The van der Waals surface area contributed by atoms with E-state index in [1.54, 1.807) is 12.1 Å². The van der Waals surface area contributed by atoms with Crippen LogP contribution in [-0.4, -0.2) is 49.6 Å². The first-order valence-corrected chi connectivity index (χ1v) is 12.9. The van der Waals surface area contributed by atoms with E-state index in [-0.39, 0.29) is 10.8 Å². The van der Waals surface area contributed by atoms with E-state index in [2.05, 4.69) is 27.5 Å². The van der Waals surface area contributed by atoms with Crippen molar-refractivity contribution in [3.8, 4) is 0 Å². The summed E-state index contributed by atoms with van der Waals surface area (Å²) in [6, 6.07) is 12.6. The molecule has 1 fully saturated rings. The van der Waals surface area contributed by atoms with Gasteiger partial charge in [0.2, 0.25) is 0 Å². The third-order valence-corrected chi connectivity index (χ3v) is 7.70. The maximum atomic E-state index is 12.8. The number of carbonyl (C=O) groups is 1. The fourth-order valence-corrected chi connectivity index (χ4v) is 5.52. The van der Waals surface area contributed by atoms with Gasteiger partial charge in [-0.05, 0) is 67.8 Å². The molecule has 32 heavy (non-hydrogen) atoms. The number of aromatic nitrogens is 1. The van der Waals surface area contributed by atoms with Gasteiger partial charge in [0.25, 0.3) is 5.91 Å². The number of hydrogen-bond donors (Lipinski definition) is 2. The number of nitrogens with zero attached hydrogens (tertiary/aromatic N) is 1. The normalized spacial score (nSPS) is 19.4. The second-order valence-electron chi connectivity index (χ2n) is 8.79. The van der Waals surface area contributed by atoms with Gasteiger partial charge in [-0.1, -0.05) is 18.6 Å². The number of carbonyl (C=O) groups excluding carboxylic acids is 1. The Labute approximate surface area is 188 Å². The Morgan fingerprint density at radius 1 is 1.16 bits per heavy atom. The number of rotatable bonds is 4. The van der Waals surface area contributed by atoms with Gasteiger partial charge in [0.05, 0.1) is 4.90 Å². The zero-order chi connectivity index (χ0) is 22.3. The summed E-state index contributed by atoms with van der Waals surface area (Å²) in [5.41, 5.74) is 4.59. The monoisotopic (exact) mass is 449 g/mol. The molecule has 1 aromatic heterocycles. The summed E-state index contributed by atoms with van der Waals surface area (Å²) in [4.78, 5) is 18.9. The zero-order valence-corrected chi connectivity index (χ0v) is 18.9. The third-order valence-electron chi connectivity index (χ3n) is 6.59. The molecule has 0 bridgehead atoms. The topological polar surface area (TPSA) is 82.3 Å². The lowest BCUT2D eigenvalue weighted by molar-refractivity contribution is 0.102. The second kappa shape index (κ2) is 8.22. The number of aromatic amines is 1. The van der Waals surface area contributed by atoms with Crippen LogP contribution in [0.2, 0.25) is 0 Å². The van der Waals surface area contributed by atoms with E-state index in [1.807, 2.05) is 18.2 Å². The largest absolute Gasteiger partial charge is 0.361 e. The van der Waals surface area contributed by atoms with Crippen LogP contribution >= 0.6 is 0 Å². The Morgan fingerprint density at radius 3 is 2.88 bits per heavy atom. The van der Waals surface area contributed by atoms with Crippen molar-refractivity contribution in [3.05, 3.63) is 65.9 Å². The molecule has 1 unspecified atom stereocenters. The van der Waals surface area contributed by atoms with Crippen LogP contribution in [0.15, 0.2) is 59.6 Å². The van der Waals surface area contributed by atoms with Crippen molar-refractivity contribution in [2.75, 3.05) is 24.7 Å². The van der Waals surface area contributed by atoms with Gasteiger partial charge >= 0.3 is 0 Å². The number of H-pyrrole nitrogens is 1. The quantitative estimate of drug-likeness (QED) is 0.616. The van der Waals surface area contributed by atoms with E-state index < -0.39 is 9.84 Å². The Kier molecular flexibility index (Phi) is 5.39. The molecule has 1 atom stereocenters. The number of amides is 1. The molecule has 5 rings (SSSR count). The van der Waals surface area contributed by atoms with Crippen molar-refractivity contribution in [1.82, 2.24) is 9.88 Å². The molecule has 0 saturated carbocycles. The first-order valence-electron chi connectivity index (χ1n) is 11.0. The third kappa shape index (κ3) is 4.10. The molecular weight excluding hydrogens is 422 g/mol. The lowest BCUT2D eigenvalue weighted by atomic mass is 9.89. The zero-order valence-electron chi connectivity index (χ0n) is 18.1. The molecule has 166 valence electrons. The summed E-state index contributed by atoms with van der Waals surface area (Å²) >= 11 is 0. The molecule has 2 N–H and O–H groups in total. The smallest absolute Gasteiger partial charge is 0.255 e. The van der Waals surface area contributed by atoms with Crippen molar-refractivity contribution in [1.29, 1.82) is 0 Å². The van der Waals surface area contributed by atoms with Crippen LogP contribution in [0.3, 0.4) is 0 Å². The summed E-state index contributed by atoms with van der Waals surface area (Å²) in [6.07, 6.45) is 10.5. The van der Waals surface area contributed by atoms with Gasteiger partial charge in [0.15, 0.2) is 9.84 Å². The van der Waals surface area contributed by atoms with Crippen molar-refractivity contribution in [2.24, 2.45) is 0 Å². The standard InChI is InChI=1S/C25H27N3O3S/c1-32(30,31)21-7-4-5-18(14-21)25(29)27-19-8-9-24-22(15-19)23(16-26-24)17-10-12-28-11-3-2-6-20(28)13-17/h4-5,7-10,14-16,20,26H,2-3,6,11-13H2,1H3,(H,27,29). The van der Waals surface area contributed by atoms with Crippen LogP contribution in [0.25, 0.3) is 16.5 Å². The Bertz CT molecular complexity index is 1320. The number of benzene rings is 2. The molecule has 0 aliphatic carbocycles. The Hall–Kier alpha value is -2.90. The number of piperidine rings is 1. The summed E-state index contributed by atoms with van der Waals surface area (Å²) < 4.78 is 23.6. The highest BCUT2D eigenvalue weighted by Gasteiger charge is 2.27. The maximum absolute atomic E-state index is 12.8. The van der Waals surface area contributed by atoms with Gasteiger partial charge in [0.1, 0.15) is 0 Å². The summed E-state index contributed by atoms with van der Waals surface area (Å²) in [5, 5.41) is 4.01. The fraction of sp³-hybridized carbons (Fsp3) is 0.320. The minimum absolute atomic E-state index is 0.134. The molecule has 3 aromatic rings. The summed E-state index contributed by atoms with van der Waals surface area (Å²) in [5.74, 6) is -0.332. The predicted molar refractivity (Wildman–Crippen MR) is 128 cm³/mol. The Balaban J connectivity index is 1.41. The first kappa shape index (κ1) is 21.0. The van der Waals surface area contributed by atoms with E-state index in [9.17, 15) is 13.2 Å². The second-order valence-corrected chi connectivity index (χ2v) is 10.8. The Morgan fingerprint density at radius 2 is 2.03 bits per heavy atom. The van der Waals surface area contributed by atoms with Crippen LogP contribution in [0.4, 0.5) is 5.69 Å². The molecule has 2 aliphatic heterocycles. The highest BCUT2D eigenvalue weighted by atomic mass is 32.2. The molecule has 0 radical (unpaired) electrons. The average Bonchev–Trinajstić information content (AvgIpc) is 3.21. The minimum atomic E-state index is -3.37. The predicted octanol–water partition coefficient (Wildman–Crippen LogP) is 4.47. The minimum Gasteiger partial charge on any atom is -0.361 e. The van der Waals surface area contributed by atoms with E-state index >= 15 is 0 Å². The molecular formula is C25H27N3O3S. The van der Waals surface area contributed by atoms with Crippen molar-refractivity contribution in [3.63, 3.8) is 0 Å². The van der Waals surface area contributed by atoms with Crippen molar-refractivity contribution < 1.29 is 13.2 Å². The molecule has 1 saturated heterocycles. The number of nitrogens with one attached hydrogen (secondary N) is 2. The molecule has 6 nitrogen and oxygen atoms in total. The molecule has 7 heteroatoms. The molecule has 1 amide bonds. The van der Waals surface area contributed by atoms with Gasteiger partial charge in [-0.3, -0.25) is 9.69 Å². The van der Waals surface area contributed by atoms with Crippen LogP contribution in [0, 0.1) is 0 Å². The maximum Gasteiger partial charge on any atom is 0.255 e. The molecule has 3 heterocycles. The number of hydrogen-bond acceptors (Lipinski definition) is 4. The van der Waals surface area contributed by atoms with E-state index in [0.717, 1.165) is 30.1 Å². The number of anilines is 1. The summed E-state index contributed by atoms with van der Waals surface area (Å²) in [6.45, 7) is 2.19. The van der Waals surface area contributed by atoms with Gasteiger partial charge in [-0.25, -0.2) is 8.42 Å². The van der Waals surface area contributed by atoms with E-state index in [0.29, 0.717) is 17.3 Å². The van der Waals surface area contributed by atoms with E-state index in [1.165, 1.54) is 49.1 Å². The number of fused-ring (bicyclic) bond motifs is 2. The van der Waals surface area contributed by atoms with Crippen molar-refractivity contribution >= 4 is 37.9 Å². The van der Waals surface area contributed by atoms with Crippen LogP contribution in [-0.2, 0) is 9.84 Å². The lowest BCUT2D eigenvalue weighted by Gasteiger charge is -2.38. The van der Waals surface area contributed by atoms with Crippen LogP contribution in [0.1, 0.15) is 41.6 Å². The first-order chi connectivity index (χ1) is 15.4. The van der Waals surface area contributed by atoms with E-state index in [4.69, 9.17) is 0 Å². The van der Waals surface area contributed by atoms with Crippen molar-refractivity contribution in [2.45, 2.75) is 36.6 Å². The average molecular weight is 450 g/mol. The molecule has 2 aliphatic rings. The van der Waals surface area contributed by atoms with Gasteiger partial charge < -0.3 is 10.3 Å². The number of sulfone groups is 1. The van der Waals surface area contributed by atoms with Gasteiger partial charge in [-0.2, -0.15) is 0 Å².